The summed E-state index contributed by atoms with van der Waals surface area (Å²) < 4.78 is 0. The van der Waals surface area contributed by atoms with Gasteiger partial charge in [0, 0.05) is 0 Å². The maximum Gasteiger partial charge on any atom is 0.134 e. The Balaban J connectivity index is 2.46. The van der Waals surface area contributed by atoms with Crippen LogP contribution in [0.15, 0.2) is 0 Å². The summed E-state index contributed by atoms with van der Waals surface area (Å²) in [6.07, 6.45) is 3.87. The first-order valence-electron chi connectivity index (χ1n) is 4.31. The van der Waals surface area contributed by atoms with Crippen LogP contribution in [0.25, 0.3) is 0 Å². The molecule has 1 rings (SSSR count). The molecule has 12 heavy (non-hydrogen) atoms. The van der Waals surface area contributed by atoms with Gasteiger partial charge in [-0.25, -0.2) is 0 Å². The molecule has 0 aliphatic heterocycles. The van der Waals surface area contributed by atoms with Gasteiger partial charge in [0.15, 0.2) is 0 Å². The van der Waals surface area contributed by atoms with Gasteiger partial charge in [-0.2, -0.15) is 0 Å². The Morgan fingerprint density at radius 1 is 1.58 bits per heavy atom. The third-order valence-corrected chi connectivity index (χ3v) is 3.00. The molecule has 66 valence electrons. The van der Waals surface area contributed by atoms with Gasteiger partial charge in [0.25, 0.3) is 0 Å². The molecule has 1 aliphatic rings. The fraction of sp³-hybridized carbons (Fsp3) is 0.875. The van der Waals surface area contributed by atoms with E-state index in [9.17, 15) is 5.11 Å². The van der Waals surface area contributed by atoms with Crippen molar-refractivity contribution in [3.63, 3.8) is 0 Å². The van der Waals surface area contributed by atoms with E-state index in [1.165, 1.54) is 0 Å². The number of hydrogen-bond donors (Lipinski definition) is 3. The number of aliphatic hydroxyl groups excluding tert-OH is 1. The molecule has 0 amide bonds. The van der Waals surface area contributed by atoms with Crippen LogP contribution in [0.1, 0.15) is 25.7 Å². The van der Waals surface area contributed by atoms with E-state index in [2.05, 4.69) is 12.6 Å². The SMILES string of the molecule is [B]C(=N)C1CCCC(C(O)S)C1. The molecule has 0 saturated heterocycles. The van der Waals surface area contributed by atoms with Gasteiger partial charge in [0.05, 0.1) is 5.44 Å². The van der Waals surface area contributed by atoms with Gasteiger partial charge in [-0.05, 0) is 36.7 Å². The second-order valence-electron chi connectivity index (χ2n) is 3.49. The minimum Gasteiger partial charge on any atom is -0.382 e. The molecule has 3 atom stereocenters. The molecule has 1 fully saturated rings. The van der Waals surface area contributed by atoms with Crippen LogP contribution in [0, 0.1) is 17.2 Å². The topological polar surface area (TPSA) is 44.1 Å². The van der Waals surface area contributed by atoms with E-state index in [-0.39, 0.29) is 17.4 Å². The molecule has 0 heterocycles. The molecule has 1 aliphatic carbocycles. The Hall–Kier alpha value is 0.0449. The van der Waals surface area contributed by atoms with E-state index in [1.807, 2.05) is 0 Å². The van der Waals surface area contributed by atoms with Crippen molar-refractivity contribution < 1.29 is 5.11 Å². The highest BCUT2D eigenvalue weighted by Crippen LogP contribution is 2.32. The fourth-order valence-corrected chi connectivity index (χ4v) is 2.05. The maximum atomic E-state index is 9.23. The Morgan fingerprint density at radius 3 is 2.75 bits per heavy atom. The first-order chi connectivity index (χ1) is 5.61. The van der Waals surface area contributed by atoms with Crippen molar-refractivity contribution in [3.05, 3.63) is 0 Å². The zero-order valence-electron chi connectivity index (χ0n) is 7.03. The molecule has 0 aromatic carbocycles. The molecule has 0 aromatic rings. The first-order valence-corrected chi connectivity index (χ1v) is 4.83. The zero-order valence-corrected chi connectivity index (χ0v) is 7.93. The fourth-order valence-electron chi connectivity index (χ4n) is 1.78. The number of hydrogen-bond acceptors (Lipinski definition) is 3. The van der Waals surface area contributed by atoms with E-state index in [4.69, 9.17) is 13.3 Å². The highest BCUT2D eigenvalue weighted by Gasteiger charge is 2.26. The standard InChI is InChI=1S/C8H14BNOS/c9-7(10)5-2-1-3-6(4-5)8(11)12/h5-6,8,10-12H,1-4H2. The zero-order chi connectivity index (χ0) is 9.14. The quantitative estimate of drug-likeness (QED) is 0.256. The third kappa shape index (κ3) is 2.52. The van der Waals surface area contributed by atoms with E-state index in [0.717, 1.165) is 25.7 Å². The highest BCUT2D eigenvalue weighted by molar-refractivity contribution is 7.80. The lowest BCUT2D eigenvalue weighted by atomic mass is 9.74. The number of rotatable bonds is 2. The summed E-state index contributed by atoms with van der Waals surface area (Å²) >= 11 is 3.99. The van der Waals surface area contributed by atoms with Gasteiger partial charge in [0.2, 0.25) is 0 Å². The molecule has 2 N–H and O–H groups in total. The van der Waals surface area contributed by atoms with Crippen LogP contribution in [-0.4, -0.2) is 24.0 Å². The lowest BCUT2D eigenvalue weighted by molar-refractivity contribution is 0.151. The van der Waals surface area contributed by atoms with Crippen LogP contribution in [-0.2, 0) is 0 Å². The van der Waals surface area contributed by atoms with Gasteiger partial charge in [-0.3, -0.25) is 0 Å². The highest BCUT2D eigenvalue weighted by atomic mass is 32.1. The van der Waals surface area contributed by atoms with Gasteiger partial charge in [-0.15, -0.1) is 12.6 Å². The lowest BCUT2D eigenvalue weighted by Crippen LogP contribution is -2.27. The lowest BCUT2D eigenvalue weighted by Gasteiger charge is -2.30. The molecule has 1 saturated carbocycles. The predicted molar refractivity (Wildman–Crippen MR) is 53.9 cm³/mol. The van der Waals surface area contributed by atoms with Crippen molar-refractivity contribution in [2.45, 2.75) is 31.1 Å². The summed E-state index contributed by atoms with van der Waals surface area (Å²) in [5, 5.41) is 16.5. The first kappa shape index (κ1) is 10.1. The number of aliphatic hydroxyl groups is 1. The molecule has 2 radical (unpaired) electrons. The van der Waals surface area contributed by atoms with Crippen molar-refractivity contribution in [2.75, 3.05) is 0 Å². The summed E-state index contributed by atoms with van der Waals surface area (Å²) in [5.74, 6) is 0.390. The van der Waals surface area contributed by atoms with E-state index in [1.54, 1.807) is 0 Å². The van der Waals surface area contributed by atoms with Crippen LogP contribution < -0.4 is 0 Å². The van der Waals surface area contributed by atoms with Crippen LogP contribution >= 0.6 is 12.6 Å². The summed E-state index contributed by atoms with van der Waals surface area (Å²) in [5.41, 5.74) is -0.291. The van der Waals surface area contributed by atoms with Crippen LogP contribution in [0.5, 0.6) is 0 Å². The summed E-state index contributed by atoms with van der Waals surface area (Å²) in [7, 11) is 5.41. The van der Waals surface area contributed by atoms with Crippen LogP contribution in [0.2, 0.25) is 0 Å². The van der Waals surface area contributed by atoms with E-state index < -0.39 is 5.44 Å². The predicted octanol–water partition coefficient (Wildman–Crippen LogP) is 1.19. The van der Waals surface area contributed by atoms with Crippen molar-refractivity contribution in [2.24, 2.45) is 11.8 Å². The number of nitrogens with one attached hydrogen (secondary N) is 1. The van der Waals surface area contributed by atoms with Crippen molar-refractivity contribution in [1.82, 2.24) is 0 Å². The van der Waals surface area contributed by atoms with Crippen LogP contribution in [0.3, 0.4) is 0 Å². The molecular formula is C8H14BNOS. The molecule has 0 bridgehead atoms. The molecule has 4 heteroatoms. The van der Waals surface area contributed by atoms with Gasteiger partial charge < -0.3 is 10.5 Å². The molecular weight excluding hydrogens is 169 g/mol. The van der Waals surface area contributed by atoms with Crippen molar-refractivity contribution in [3.8, 4) is 0 Å². The largest absolute Gasteiger partial charge is 0.382 e. The second-order valence-corrected chi connectivity index (χ2v) is 4.02. The van der Waals surface area contributed by atoms with Crippen molar-refractivity contribution in [1.29, 1.82) is 5.41 Å². The van der Waals surface area contributed by atoms with Gasteiger partial charge >= 0.3 is 0 Å². The van der Waals surface area contributed by atoms with Gasteiger partial charge in [-0.1, -0.05) is 6.42 Å². The van der Waals surface area contributed by atoms with Gasteiger partial charge in [0.1, 0.15) is 7.85 Å². The minimum absolute atomic E-state index is 0.172. The Kier molecular flexibility index (Phi) is 3.65. The maximum absolute atomic E-state index is 9.23. The minimum atomic E-state index is -0.549. The normalized spacial score (nSPS) is 32.8. The smallest absolute Gasteiger partial charge is 0.134 e. The summed E-state index contributed by atoms with van der Waals surface area (Å²) in [6.45, 7) is 0. The molecule has 0 spiro atoms. The van der Waals surface area contributed by atoms with E-state index in [0.29, 0.717) is 0 Å². The Labute approximate surface area is 80.1 Å². The number of thiol groups is 1. The second kappa shape index (κ2) is 4.33. The monoisotopic (exact) mass is 183 g/mol. The average molecular weight is 183 g/mol. The Bertz CT molecular complexity index is 174. The summed E-state index contributed by atoms with van der Waals surface area (Å²) in [4.78, 5) is 0. The van der Waals surface area contributed by atoms with E-state index >= 15 is 0 Å². The molecule has 2 nitrogen and oxygen atoms in total. The molecule has 0 aromatic heterocycles. The average Bonchev–Trinajstić information content (AvgIpc) is 2.04. The summed E-state index contributed by atoms with van der Waals surface area (Å²) in [6, 6.07) is 0. The Morgan fingerprint density at radius 2 is 2.25 bits per heavy atom. The van der Waals surface area contributed by atoms with Crippen LogP contribution in [0.4, 0.5) is 0 Å². The third-order valence-electron chi connectivity index (χ3n) is 2.58. The molecule has 3 unspecified atom stereocenters. The van der Waals surface area contributed by atoms with Crippen molar-refractivity contribution >= 4 is 26.1 Å².